The number of carbonyl (C=O) groups is 1. The van der Waals surface area contributed by atoms with Crippen molar-refractivity contribution in [2.75, 3.05) is 30.3 Å². The molecule has 7 nitrogen and oxygen atoms in total. The number of fused-ring (bicyclic) bond motifs is 4. The van der Waals surface area contributed by atoms with Crippen LogP contribution in [0.25, 0.3) is 0 Å². The van der Waals surface area contributed by atoms with Gasteiger partial charge in [-0.1, -0.05) is 29.8 Å². The molecule has 2 aliphatic carbocycles. The second kappa shape index (κ2) is 9.88. The van der Waals surface area contributed by atoms with Gasteiger partial charge in [-0.2, -0.15) is 0 Å². The summed E-state index contributed by atoms with van der Waals surface area (Å²) in [6.07, 6.45) is 8.03. The second-order valence-electron chi connectivity index (χ2n) is 11.3. The average Bonchev–Trinajstić information content (AvgIpc) is 3.01. The first-order valence-electron chi connectivity index (χ1n) is 13.4. The Kier molecular flexibility index (Phi) is 6.69. The molecular weight excluding hydrogens is 524 g/mol. The maximum atomic E-state index is 13.0. The van der Waals surface area contributed by atoms with E-state index in [-0.39, 0.29) is 22.6 Å². The van der Waals surface area contributed by atoms with Gasteiger partial charge in [0.05, 0.1) is 24.2 Å². The molecule has 1 amide bonds. The number of amides is 1. The molecule has 0 unspecified atom stereocenters. The summed E-state index contributed by atoms with van der Waals surface area (Å²) in [7, 11) is -3.85. The third-order valence-electron chi connectivity index (χ3n) is 8.83. The highest BCUT2D eigenvalue weighted by Gasteiger charge is 2.44. The van der Waals surface area contributed by atoms with Crippen LogP contribution in [0.4, 0.5) is 5.69 Å². The smallest absolute Gasteiger partial charge is 0.264 e. The van der Waals surface area contributed by atoms with Gasteiger partial charge in [-0.25, -0.2) is 13.1 Å². The Morgan fingerprint density at radius 2 is 2.00 bits per heavy atom. The number of halogens is 1. The molecular formula is C29H33ClN2O5S. The van der Waals surface area contributed by atoms with Gasteiger partial charge in [0.1, 0.15) is 5.75 Å². The van der Waals surface area contributed by atoms with Crippen LogP contribution in [-0.4, -0.2) is 51.0 Å². The van der Waals surface area contributed by atoms with Crippen molar-refractivity contribution in [1.29, 1.82) is 0 Å². The van der Waals surface area contributed by atoms with E-state index in [1.807, 2.05) is 6.07 Å². The third kappa shape index (κ3) is 4.82. The number of ether oxygens (including phenoxy) is 1. The first-order chi connectivity index (χ1) is 18.2. The highest BCUT2D eigenvalue weighted by atomic mass is 35.5. The van der Waals surface area contributed by atoms with Crippen LogP contribution in [0.5, 0.6) is 5.75 Å². The minimum absolute atomic E-state index is 0.144. The van der Waals surface area contributed by atoms with Gasteiger partial charge in [-0.15, -0.1) is 0 Å². The summed E-state index contributed by atoms with van der Waals surface area (Å²) in [4.78, 5) is 15.3. The fourth-order valence-electron chi connectivity index (χ4n) is 6.71. The predicted octanol–water partition coefficient (Wildman–Crippen LogP) is 4.22. The van der Waals surface area contributed by atoms with Crippen molar-refractivity contribution in [1.82, 2.24) is 4.72 Å². The molecule has 2 bridgehead atoms. The lowest BCUT2D eigenvalue weighted by Gasteiger charge is -2.45. The molecule has 4 aliphatic rings. The minimum atomic E-state index is -3.85. The lowest BCUT2D eigenvalue weighted by Crippen LogP contribution is -2.49. The lowest BCUT2D eigenvalue weighted by molar-refractivity contribution is 0.0177. The number of nitrogens with zero attached hydrogens (tertiary/aromatic N) is 1. The van der Waals surface area contributed by atoms with Gasteiger partial charge in [-0.3, -0.25) is 4.79 Å². The number of aliphatic hydroxyl groups is 1. The maximum absolute atomic E-state index is 13.0. The second-order valence-corrected chi connectivity index (χ2v) is 13.5. The van der Waals surface area contributed by atoms with E-state index in [0.717, 1.165) is 49.4 Å². The Bertz CT molecular complexity index is 1390. The zero-order valence-electron chi connectivity index (χ0n) is 21.2. The summed E-state index contributed by atoms with van der Waals surface area (Å²) in [5, 5.41) is 11.7. The number of aryl methyl sites for hydroxylation is 1. The average molecular weight is 557 g/mol. The van der Waals surface area contributed by atoms with Crippen LogP contribution in [-0.2, 0) is 21.9 Å². The van der Waals surface area contributed by atoms with Gasteiger partial charge >= 0.3 is 0 Å². The number of hydrogen-bond donors (Lipinski definition) is 2. The fraction of sp³-hybridized carbons (Fsp3) is 0.483. The number of hydrogen-bond acceptors (Lipinski definition) is 6. The van der Waals surface area contributed by atoms with E-state index in [1.165, 1.54) is 17.2 Å². The summed E-state index contributed by atoms with van der Waals surface area (Å²) in [6.45, 7) is 1.94. The number of nitrogens with one attached hydrogen (secondary N) is 1. The molecule has 2 aliphatic heterocycles. The molecule has 0 radical (unpaired) electrons. The van der Waals surface area contributed by atoms with Crippen molar-refractivity contribution in [3.05, 3.63) is 70.3 Å². The molecule has 1 saturated carbocycles. The molecule has 1 spiro atoms. The molecule has 4 atom stereocenters. The zero-order chi connectivity index (χ0) is 26.5. The summed E-state index contributed by atoms with van der Waals surface area (Å²) < 4.78 is 33.7. The van der Waals surface area contributed by atoms with Crippen molar-refractivity contribution >= 4 is 33.2 Å². The number of aliphatic hydroxyl groups excluding tert-OH is 1. The van der Waals surface area contributed by atoms with E-state index < -0.39 is 22.0 Å². The van der Waals surface area contributed by atoms with Gasteiger partial charge in [0, 0.05) is 29.1 Å². The topological polar surface area (TPSA) is 95.9 Å². The Balaban J connectivity index is 1.43. The van der Waals surface area contributed by atoms with Crippen LogP contribution in [0.15, 0.2) is 48.6 Å². The zero-order valence-corrected chi connectivity index (χ0v) is 22.8. The standard InChI is InChI=1S/C29H33ClN2O5S/c30-22-8-10-24-19(14-22)4-3-12-29(24)17-32-16-21-6-9-23(21)26(33)5-1-2-13-38(35,36)31-28(34)20-7-11-27(37-18-29)25(32)15-20/h1-2,7-8,10-11,14-15,21,23,26,33H,3-6,9,12-13,16-18H2,(H,31,34)/b2-1-/t21-,23+,26+,29-/m0/s1. The maximum Gasteiger partial charge on any atom is 0.264 e. The summed E-state index contributed by atoms with van der Waals surface area (Å²) in [6, 6.07) is 11.3. The quantitative estimate of drug-likeness (QED) is 0.472. The summed E-state index contributed by atoms with van der Waals surface area (Å²) in [5.41, 5.74) is 3.34. The molecule has 0 saturated heterocycles. The predicted molar refractivity (Wildman–Crippen MR) is 147 cm³/mol. The van der Waals surface area contributed by atoms with Crippen LogP contribution in [0.1, 0.15) is 53.6 Å². The van der Waals surface area contributed by atoms with Crippen LogP contribution in [0, 0.1) is 11.8 Å². The Morgan fingerprint density at radius 3 is 2.82 bits per heavy atom. The van der Waals surface area contributed by atoms with Gasteiger partial charge in [-0.05, 0) is 91.8 Å². The van der Waals surface area contributed by atoms with Crippen molar-refractivity contribution in [3.63, 3.8) is 0 Å². The molecule has 9 heteroatoms. The largest absolute Gasteiger partial charge is 0.490 e. The molecule has 2 heterocycles. The fourth-order valence-corrected chi connectivity index (χ4v) is 7.78. The van der Waals surface area contributed by atoms with E-state index in [9.17, 15) is 18.3 Å². The number of anilines is 1. The van der Waals surface area contributed by atoms with E-state index >= 15 is 0 Å². The monoisotopic (exact) mass is 556 g/mol. The summed E-state index contributed by atoms with van der Waals surface area (Å²) in [5.74, 6) is 0.149. The van der Waals surface area contributed by atoms with Crippen molar-refractivity contribution < 1.29 is 23.1 Å². The van der Waals surface area contributed by atoms with E-state index in [0.29, 0.717) is 31.2 Å². The van der Waals surface area contributed by atoms with Crippen molar-refractivity contribution in [2.45, 2.75) is 50.0 Å². The molecule has 0 aromatic heterocycles. The molecule has 1 fully saturated rings. The molecule has 202 valence electrons. The molecule has 2 aromatic carbocycles. The molecule has 38 heavy (non-hydrogen) atoms. The minimum Gasteiger partial charge on any atom is -0.490 e. The van der Waals surface area contributed by atoms with Gasteiger partial charge in [0.15, 0.2) is 0 Å². The Labute approximate surface area is 228 Å². The first kappa shape index (κ1) is 25.7. The van der Waals surface area contributed by atoms with Crippen LogP contribution in [0.2, 0.25) is 5.02 Å². The normalized spacial score (nSPS) is 31.3. The highest BCUT2D eigenvalue weighted by molar-refractivity contribution is 7.90. The van der Waals surface area contributed by atoms with Crippen LogP contribution >= 0.6 is 11.6 Å². The number of carbonyl (C=O) groups excluding carboxylic acids is 1. The van der Waals surface area contributed by atoms with E-state index in [1.54, 1.807) is 24.3 Å². The van der Waals surface area contributed by atoms with Crippen molar-refractivity contribution in [2.24, 2.45) is 11.8 Å². The van der Waals surface area contributed by atoms with Gasteiger partial charge in [0.25, 0.3) is 5.91 Å². The SMILES string of the molecule is O=C1NS(=O)(=O)C/C=C\C[C@@H](O)[C@@H]2CC[C@H]2CN2C[C@@]3(CCCc4cc(Cl)ccc43)COc3ccc1cc32. The van der Waals surface area contributed by atoms with Gasteiger partial charge < -0.3 is 14.7 Å². The van der Waals surface area contributed by atoms with E-state index in [2.05, 4.69) is 21.8 Å². The van der Waals surface area contributed by atoms with Gasteiger partial charge in [0.2, 0.25) is 10.0 Å². The first-order valence-corrected chi connectivity index (χ1v) is 15.4. The number of benzene rings is 2. The van der Waals surface area contributed by atoms with E-state index in [4.69, 9.17) is 16.3 Å². The lowest BCUT2D eigenvalue weighted by atomic mass is 9.68. The molecule has 2 N–H and O–H groups in total. The molecule has 2 aromatic rings. The summed E-state index contributed by atoms with van der Waals surface area (Å²) >= 11 is 6.35. The van der Waals surface area contributed by atoms with Crippen LogP contribution in [0.3, 0.4) is 0 Å². The Hall–Kier alpha value is -2.55. The highest BCUT2D eigenvalue weighted by Crippen LogP contribution is 2.46. The third-order valence-corrected chi connectivity index (χ3v) is 10.2. The number of rotatable bonds is 0. The molecule has 6 rings (SSSR count). The van der Waals surface area contributed by atoms with Crippen molar-refractivity contribution in [3.8, 4) is 5.75 Å². The van der Waals surface area contributed by atoms with Crippen LogP contribution < -0.4 is 14.4 Å². The number of sulfonamides is 1. The Morgan fingerprint density at radius 1 is 1.13 bits per heavy atom.